The van der Waals surface area contributed by atoms with Gasteiger partial charge in [-0.3, -0.25) is 9.89 Å². The number of nitrogens with one attached hydrogen (secondary N) is 2. The summed E-state index contributed by atoms with van der Waals surface area (Å²) in [4.78, 5) is 16.4. The van der Waals surface area contributed by atoms with Crippen molar-refractivity contribution in [2.24, 2.45) is 11.7 Å². The first-order chi connectivity index (χ1) is 12.2. The first-order valence-electron chi connectivity index (χ1n) is 9.26. The van der Waals surface area contributed by atoms with Crippen LogP contribution in [0.15, 0.2) is 24.3 Å². The van der Waals surface area contributed by atoms with E-state index in [0.29, 0.717) is 24.6 Å². The Morgan fingerprint density at radius 3 is 2.58 bits per heavy atom. The first-order valence-corrected chi connectivity index (χ1v) is 9.26. The fraction of sp³-hybridized carbons (Fsp3) is 0.526. The topological polar surface area (TPSA) is 96.7 Å². The minimum Gasteiger partial charge on any atom is -0.326 e. The van der Waals surface area contributed by atoms with E-state index in [2.05, 4.69) is 20.5 Å². The van der Waals surface area contributed by atoms with Crippen LogP contribution in [-0.4, -0.2) is 21.1 Å². The van der Waals surface area contributed by atoms with Crippen LogP contribution in [-0.2, 0) is 11.3 Å². The molecule has 1 amide bonds. The third kappa shape index (κ3) is 5.81. The smallest absolute Gasteiger partial charge is 0.224 e. The third-order valence-electron chi connectivity index (χ3n) is 4.89. The molecule has 1 aliphatic carbocycles. The van der Waals surface area contributed by atoms with Crippen LogP contribution in [0.2, 0.25) is 0 Å². The third-order valence-corrected chi connectivity index (χ3v) is 4.89. The number of halogens is 1. The maximum atomic E-state index is 12.1. The molecule has 1 saturated carbocycles. The number of aromatic amines is 1. The number of nitrogens with zero attached hydrogens (tertiary/aromatic N) is 2. The van der Waals surface area contributed by atoms with Crippen molar-refractivity contribution in [1.82, 2.24) is 15.2 Å². The number of anilines is 1. The number of aromatic nitrogens is 3. The number of carbonyl (C=O) groups excluding carboxylic acids is 1. The van der Waals surface area contributed by atoms with E-state index in [9.17, 15) is 4.79 Å². The lowest BCUT2D eigenvalue weighted by molar-refractivity contribution is -0.116. The second-order valence-electron chi connectivity index (χ2n) is 6.83. The molecule has 0 spiro atoms. The van der Waals surface area contributed by atoms with Gasteiger partial charge in [0.15, 0.2) is 5.82 Å². The lowest BCUT2D eigenvalue weighted by atomic mass is 9.86. The van der Waals surface area contributed by atoms with Crippen LogP contribution >= 0.6 is 12.4 Å². The molecule has 7 heteroatoms. The quantitative estimate of drug-likeness (QED) is 0.678. The lowest BCUT2D eigenvalue weighted by Gasteiger charge is -2.21. The summed E-state index contributed by atoms with van der Waals surface area (Å²) in [5.74, 6) is 2.20. The van der Waals surface area contributed by atoms with Crippen LogP contribution < -0.4 is 11.1 Å². The molecule has 1 heterocycles. The Balaban J connectivity index is 0.00000243. The van der Waals surface area contributed by atoms with Gasteiger partial charge in [0.25, 0.3) is 0 Å². The van der Waals surface area contributed by atoms with Gasteiger partial charge in [-0.2, -0.15) is 5.10 Å². The van der Waals surface area contributed by atoms with E-state index in [1.54, 1.807) is 0 Å². The predicted octanol–water partition coefficient (Wildman–Crippen LogP) is 4.04. The molecule has 0 saturated heterocycles. The largest absolute Gasteiger partial charge is 0.326 e. The second kappa shape index (κ2) is 10.3. The van der Waals surface area contributed by atoms with E-state index >= 15 is 0 Å². The van der Waals surface area contributed by atoms with Crippen LogP contribution in [0, 0.1) is 5.92 Å². The predicted molar refractivity (Wildman–Crippen MR) is 106 cm³/mol. The minimum atomic E-state index is 0. The first kappa shape index (κ1) is 20.4. The number of hydrogen-bond acceptors (Lipinski definition) is 4. The lowest BCUT2D eigenvalue weighted by Crippen LogP contribution is -2.12. The summed E-state index contributed by atoms with van der Waals surface area (Å²) in [6.07, 6.45) is 9.55. The number of rotatable bonds is 7. The Kier molecular flexibility index (Phi) is 8.06. The van der Waals surface area contributed by atoms with Crippen LogP contribution in [0.1, 0.15) is 57.2 Å². The van der Waals surface area contributed by atoms with Gasteiger partial charge in [0, 0.05) is 17.7 Å². The molecule has 1 aromatic heterocycles. The Hall–Kier alpha value is -1.92. The highest BCUT2D eigenvalue weighted by Crippen LogP contribution is 2.27. The summed E-state index contributed by atoms with van der Waals surface area (Å²) in [5, 5.41) is 9.89. The number of carbonyl (C=O) groups is 1. The molecule has 6 nitrogen and oxygen atoms in total. The van der Waals surface area contributed by atoms with E-state index in [-0.39, 0.29) is 18.3 Å². The molecule has 4 N–H and O–H groups in total. The summed E-state index contributed by atoms with van der Waals surface area (Å²) in [7, 11) is 0. The van der Waals surface area contributed by atoms with Crippen molar-refractivity contribution < 1.29 is 4.79 Å². The SMILES string of the molecule is Cl.NCc1nc(-c2ccc(NC(=O)CCCC3CCCCC3)cc2)n[nH]1. The maximum absolute atomic E-state index is 12.1. The van der Waals surface area contributed by atoms with Gasteiger partial charge in [-0.25, -0.2) is 4.98 Å². The summed E-state index contributed by atoms with van der Waals surface area (Å²) in [6.45, 7) is 0.335. The van der Waals surface area contributed by atoms with Crippen molar-refractivity contribution in [3.8, 4) is 11.4 Å². The molecule has 0 unspecified atom stereocenters. The highest BCUT2D eigenvalue weighted by molar-refractivity contribution is 5.90. The number of benzene rings is 1. The highest BCUT2D eigenvalue weighted by Gasteiger charge is 2.13. The minimum absolute atomic E-state index is 0. The number of hydrogen-bond donors (Lipinski definition) is 3. The van der Waals surface area contributed by atoms with Crippen molar-refractivity contribution in [3.05, 3.63) is 30.1 Å². The Bertz CT molecular complexity index is 679. The Morgan fingerprint density at radius 1 is 1.19 bits per heavy atom. The van der Waals surface area contributed by atoms with Gasteiger partial charge in [0.2, 0.25) is 5.91 Å². The molecule has 0 aliphatic heterocycles. The summed E-state index contributed by atoms with van der Waals surface area (Å²) < 4.78 is 0. The number of nitrogens with two attached hydrogens (primary N) is 1. The summed E-state index contributed by atoms with van der Waals surface area (Å²) in [6, 6.07) is 7.57. The van der Waals surface area contributed by atoms with Gasteiger partial charge in [-0.05, 0) is 43.0 Å². The molecule has 0 radical (unpaired) electrons. The Labute approximate surface area is 160 Å². The summed E-state index contributed by atoms with van der Waals surface area (Å²) >= 11 is 0. The van der Waals surface area contributed by atoms with Crippen LogP contribution in [0.3, 0.4) is 0 Å². The van der Waals surface area contributed by atoms with Crippen LogP contribution in [0.25, 0.3) is 11.4 Å². The molecule has 2 aromatic rings. The normalized spacial score (nSPS) is 14.7. The average molecular weight is 378 g/mol. The van der Waals surface area contributed by atoms with E-state index < -0.39 is 0 Å². The van der Waals surface area contributed by atoms with Gasteiger partial charge in [0.05, 0.1) is 6.54 Å². The standard InChI is InChI=1S/C19H27N5O.ClH/c20-13-17-22-19(24-23-17)15-9-11-16(12-10-15)21-18(25)8-4-7-14-5-2-1-3-6-14;/h9-12,14H,1-8,13,20H2,(H,21,25)(H,22,23,24);1H. The van der Waals surface area contributed by atoms with Crippen molar-refractivity contribution in [2.75, 3.05) is 5.32 Å². The highest BCUT2D eigenvalue weighted by atomic mass is 35.5. The fourth-order valence-electron chi connectivity index (χ4n) is 3.47. The maximum Gasteiger partial charge on any atom is 0.224 e. The van der Waals surface area contributed by atoms with E-state index in [4.69, 9.17) is 5.73 Å². The van der Waals surface area contributed by atoms with Crippen LogP contribution in [0.5, 0.6) is 0 Å². The molecule has 26 heavy (non-hydrogen) atoms. The fourth-order valence-corrected chi connectivity index (χ4v) is 3.47. The zero-order chi connectivity index (χ0) is 17.5. The van der Waals surface area contributed by atoms with Gasteiger partial charge >= 0.3 is 0 Å². The van der Waals surface area contributed by atoms with E-state index in [0.717, 1.165) is 23.6 Å². The molecule has 0 bridgehead atoms. The van der Waals surface area contributed by atoms with Crippen molar-refractivity contribution in [3.63, 3.8) is 0 Å². The zero-order valence-electron chi connectivity index (χ0n) is 15.0. The van der Waals surface area contributed by atoms with Crippen LogP contribution in [0.4, 0.5) is 5.69 Å². The molecule has 1 aromatic carbocycles. The monoisotopic (exact) mass is 377 g/mol. The molecule has 1 aliphatic rings. The van der Waals surface area contributed by atoms with E-state index in [1.165, 1.54) is 38.5 Å². The average Bonchev–Trinajstić information content (AvgIpc) is 3.12. The van der Waals surface area contributed by atoms with Crippen molar-refractivity contribution in [2.45, 2.75) is 57.9 Å². The Morgan fingerprint density at radius 2 is 1.92 bits per heavy atom. The van der Waals surface area contributed by atoms with E-state index in [1.807, 2.05) is 24.3 Å². The van der Waals surface area contributed by atoms with Gasteiger partial charge in [-0.15, -0.1) is 12.4 Å². The van der Waals surface area contributed by atoms with Gasteiger partial charge in [0.1, 0.15) is 5.82 Å². The summed E-state index contributed by atoms with van der Waals surface area (Å²) in [5.41, 5.74) is 7.23. The molecule has 0 atom stereocenters. The molecular weight excluding hydrogens is 350 g/mol. The van der Waals surface area contributed by atoms with Crippen molar-refractivity contribution in [1.29, 1.82) is 0 Å². The number of H-pyrrole nitrogens is 1. The molecular formula is C19H28ClN5O. The second-order valence-corrected chi connectivity index (χ2v) is 6.83. The van der Waals surface area contributed by atoms with Gasteiger partial charge in [-0.1, -0.05) is 32.1 Å². The van der Waals surface area contributed by atoms with Gasteiger partial charge < -0.3 is 11.1 Å². The molecule has 3 rings (SSSR count). The molecule has 142 valence electrons. The van der Waals surface area contributed by atoms with Crippen molar-refractivity contribution >= 4 is 24.0 Å². The number of amides is 1. The molecule has 1 fully saturated rings. The zero-order valence-corrected chi connectivity index (χ0v) is 15.9.